The summed E-state index contributed by atoms with van der Waals surface area (Å²) in [5.74, 6) is 0.176. The Bertz CT molecular complexity index is 736. The molecule has 0 fully saturated rings. The number of Topliss-reactive ketones (excluding diaryl/α,β-unsaturated/α-hetero) is 1. The third-order valence-electron chi connectivity index (χ3n) is 3.85. The van der Waals surface area contributed by atoms with E-state index in [-0.39, 0.29) is 24.0 Å². The lowest BCUT2D eigenvalue weighted by molar-refractivity contribution is -0.117. The zero-order chi connectivity index (χ0) is 16.4. The number of aryl methyl sites for hydroxylation is 1. The Balaban J connectivity index is 1.70. The summed E-state index contributed by atoms with van der Waals surface area (Å²) in [6.45, 7) is 0.206. The van der Waals surface area contributed by atoms with E-state index in [4.69, 9.17) is 11.6 Å². The molecular formula is C16H16ClFN4O. The topological polar surface area (TPSA) is 59.0 Å². The maximum absolute atomic E-state index is 12.8. The smallest absolute Gasteiger partial charge is 0.224 e. The van der Waals surface area contributed by atoms with Gasteiger partial charge in [-0.1, -0.05) is 6.07 Å². The molecule has 2 aromatic rings. The maximum Gasteiger partial charge on any atom is 0.224 e. The molecule has 0 saturated carbocycles. The fraction of sp³-hybridized carbons (Fsp3) is 0.375. The first-order chi connectivity index (χ1) is 11.0. The van der Waals surface area contributed by atoms with Gasteiger partial charge in [0.2, 0.25) is 11.2 Å². The first-order valence-corrected chi connectivity index (χ1v) is 7.79. The van der Waals surface area contributed by atoms with Crippen LogP contribution in [0.1, 0.15) is 23.2 Å². The Labute approximate surface area is 138 Å². The van der Waals surface area contributed by atoms with Gasteiger partial charge in [0, 0.05) is 25.2 Å². The van der Waals surface area contributed by atoms with Crippen LogP contribution in [-0.2, 0) is 24.1 Å². The number of halogens is 2. The SMILES string of the molecule is CN(CC(=O)Cc1ccc(F)nc1)c1nc(Cl)nc2c1CCC2. The number of pyridine rings is 1. The minimum absolute atomic E-state index is 0.00221. The average molecular weight is 335 g/mol. The van der Waals surface area contributed by atoms with E-state index in [2.05, 4.69) is 15.0 Å². The molecule has 0 aromatic carbocycles. The highest BCUT2D eigenvalue weighted by molar-refractivity contribution is 6.28. The van der Waals surface area contributed by atoms with Gasteiger partial charge in [0.25, 0.3) is 0 Å². The van der Waals surface area contributed by atoms with Gasteiger partial charge in [0.15, 0.2) is 5.78 Å². The summed E-state index contributed by atoms with van der Waals surface area (Å²) < 4.78 is 12.8. The largest absolute Gasteiger partial charge is 0.352 e. The summed E-state index contributed by atoms with van der Waals surface area (Å²) >= 11 is 5.98. The summed E-state index contributed by atoms with van der Waals surface area (Å²) in [4.78, 5) is 26.1. The average Bonchev–Trinajstić information content (AvgIpc) is 2.96. The van der Waals surface area contributed by atoms with Gasteiger partial charge in [0.05, 0.1) is 12.2 Å². The van der Waals surface area contributed by atoms with Crippen molar-refractivity contribution in [2.45, 2.75) is 25.7 Å². The molecule has 120 valence electrons. The predicted molar refractivity (Wildman–Crippen MR) is 85.2 cm³/mol. The molecule has 0 spiro atoms. The van der Waals surface area contributed by atoms with Gasteiger partial charge < -0.3 is 4.90 Å². The molecule has 5 nitrogen and oxygen atoms in total. The highest BCUT2D eigenvalue weighted by Crippen LogP contribution is 2.29. The molecule has 0 unspecified atom stereocenters. The van der Waals surface area contributed by atoms with Gasteiger partial charge in [-0.15, -0.1) is 0 Å². The van der Waals surface area contributed by atoms with Crippen molar-refractivity contribution in [1.82, 2.24) is 15.0 Å². The van der Waals surface area contributed by atoms with Crippen molar-refractivity contribution in [3.05, 3.63) is 46.4 Å². The molecule has 3 rings (SSSR count). The van der Waals surface area contributed by atoms with Crippen molar-refractivity contribution >= 4 is 23.2 Å². The van der Waals surface area contributed by atoms with Crippen LogP contribution in [-0.4, -0.2) is 34.3 Å². The number of rotatable bonds is 5. The second-order valence-electron chi connectivity index (χ2n) is 5.66. The summed E-state index contributed by atoms with van der Waals surface area (Å²) in [6, 6.07) is 2.82. The van der Waals surface area contributed by atoms with Crippen molar-refractivity contribution in [1.29, 1.82) is 0 Å². The van der Waals surface area contributed by atoms with Crippen LogP contribution >= 0.6 is 11.6 Å². The highest BCUT2D eigenvalue weighted by Gasteiger charge is 2.22. The van der Waals surface area contributed by atoms with Gasteiger partial charge in [0.1, 0.15) is 5.82 Å². The number of anilines is 1. The Morgan fingerprint density at radius 3 is 2.91 bits per heavy atom. The Kier molecular flexibility index (Phi) is 4.52. The summed E-state index contributed by atoms with van der Waals surface area (Å²) in [6.07, 6.45) is 4.42. The number of likely N-dealkylation sites (N-methyl/N-ethyl adjacent to an activating group) is 1. The van der Waals surface area contributed by atoms with Crippen molar-refractivity contribution in [3.63, 3.8) is 0 Å². The molecular weight excluding hydrogens is 319 g/mol. The van der Waals surface area contributed by atoms with Crippen LogP contribution in [0, 0.1) is 5.95 Å². The van der Waals surface area contributed by atoms with Gasteiger partial charge >= 0.3 is 0 Å². The molecule has 1 aliphatic carbocycles. The number of ketones is 1. The molecule has 0 amide bonds. The van der Waals surface area contributed by atoms with Crippen LogP contribution in [0.4, 0.5) is 10.2 Å². The first-order valence-electron chi connectivity index (χ1n) is 7.41. The lowest BCUT2D eigenvalue weighted by Crippen LogP contribution is -2.28. The van der Waals surface area contributed by atoms with Crippen LogP contribution in [0.3, 0.4) is 0 Å². The zero-order valence-electron chi connectivity index (χ0n) is 12.7. The number of fused-ring (bicyclic) bond motifs is 1. The van der Waals surface area contributed by atoms with Crippen LogP contribution in [0.15, 0.2) is 18.3 Å². The molecule has 0 radical (unpaired) electrons. The minimum Gasteiger partial charge on any atom is -0.352 e. The van der Waals surface area contributed by atoms with Crippen LogP contribution in [0.25, 0.3) is 0 Å². The molecule has 0 bridgehead atoms. The molecule has 7 heteroatoms. The zero-order valence-corrected chi connectivity index (χ0v) is 13.5. The van der Waals surface area contributed by atoms with Crippen molar-refractivity contribution in [3.8, 4) is 0 Å². The van der Waals surface area contributed by atoms with E-state index in [1.165, 1.54) is 12.3 Å². The number of hydrogen-bond donors (Lipinski definition) is 0. The van der Waals surface area contributed by atoms with E-state index in [1.54, 1.807) is 11.0 Å². The molecule has 0 N–H and O–H groups in total. The molecule has 0 aliphatic heterocycles. The Morgan fingerprint density at radius 1 is 1.35 bits per heavy atom. The number of aromatic nitrogens is 3. The predicted octanol–water partition coefficient (Wildman–Crippen LogP) is 2.40. The molecule has 23 heavy (non-hydrogen) atoms. The fourth-order valence-corrected chi connectivity index (χ4v) is 3.02. The normalized spacial score (nSPS) is 13.0. The van der Waals surface area contributed by atoms with Crippen molar-refractivity contribution in [2.24, 2.45) is 0 Å². The van der Waals surface area contributed by atoms with E-state index in [0.29, 0.717) is 5.56 Å². The van der Waals surface area contributed by atoms with E-state index in [0.717, 1.165) is 36.3 Å². The third-order valence-corrected chi connectivity index (χ3v) is 4.02. The molecule has 1 aliphatic rings. The number of hydrogen-bond acceptors (Lipinski definition) is 5. The van der Waals surface area contributed by atoms with Gasteiger partial charge in [-0.25, -0.2) is 15.0 Å². The van der Waals surface area contributed by atoms with E-state index in [9.17, 15) is 9.18 Å². The lowest BCUT2D eigenvalue weighted by Gasteiger charge is -2.20. The van der Waals surface area contributed by atoms with Crippen LogP contribution in [0.2, 0.25) is 5.28 Å². The Hall–Kier alpha value is -2.08. The number of nitrogens with zero attached hydrogens (tertiary/aromatic N) is 4. The van der Waals surface area contributed by atoms with E-state index >= 15 is 0 Å². The summed E-state index contributed by atoms with van der Waals surface area (Å²) in [5, 5.41) is 0.211. The fourth-order valence-electron chi connectivity index (χ4n) is 2.83. The standard InChI is InChI=1S/C16H16ClFN4O/c1-22(9-11(23)7-10-5-6-14(18)19-8-10)15-12-3-2-4-13(12)20-16(17)21-15/h5-6,8H,2-4,7,9H2,1H3. The molecule has 2 aromatic heterocycles. The number of carbonyl (C=O) groups excluding carboxylic acids is 1. The van der Waals surface area contributed by atoms with Gasteiger partial charge in [-0.05, 0) is 42.5 Å². The summed E-state index contributed by atoms with van der Waals surface area (Å²) in [5.41, 5.74) is 2.74. The lowest BCUT2D eigenvalue weighted by atomic mass is 10.1. The third kappa shape index (κ3) is 3.64. The minimum atomic E-state index is -0.551. The monoisotopic (exact) mass is 334 g/mol. The second kappa shape index (κ2) is 6.58. The molecule has 0 atom stereocenters. The quantitative estimate of drug-likeness (QED) is 0.620. The second-order valence-corrected chi connectivity index (χ2v) is 5.99. The number of carbonyl (C=O) groups is 1. The van der Waals surface area contributed by atoms with E-state index < -0.39 is 5.95 Å². The molecule has 2 heterocycles. The molecule has 0 saturated heterocycles. The Morgan fingerprint density at radius 2 is 2.17 bits per heavy atom. The summed E-state index contributed by atoms with van der Waals surface area (Å²) in [7, 11) is 1.82. The maximum atomic E-state index is 12.8. The van der Waals surface area contributed by atoms with Gasteiger partial charge in [-0.3, -0.25) is 4.79 Å². The highest BCUT2D eigenvalue weighted by atomic mass is 35.5. The van der Waals surface area contributed by atoms with Gasteiger partial charge in [-0.2, -0.15) is 4.39 Å². The van der Waals surface area contributed by atoms with E-state index in [1.807, 2.05) is 7.05 Å². The first kappa shape index (κ1) is 15.8. The van der Waals surface area contributed by atoms with Crippen molar-refractivity contribution < 1.29 is 9.18 Å². The van der Waals surface area contributed by atoms with Crippen molar-refractivity contribution in [2.75, 3.05) is 18.5 Å². The van der Waals surface area contributed by atoms with Crippen LogP contribution < -0.4 is 4.90 Å². The van der Waals surface area contributed by atoms with Crippen LogP contribution in [0.5, 0.6) is 0 Å².